The molecule has 0 aromatic rings. The number of carbonyl (C=O) groups excluding carboxylic acids is 6. The van der Waals surface area contributed by atoms with Crippen molar-refractivity contribution >= 4 is 36.2 Å². The number of ether oxygens (including phenoxy) is 1. The van der Waals surface area contributed by atoms with Crippen LogP contribution in [0.2, 0.25) is 0 Å². The standard InChI is InChI=1S/C18H30N12O7/c1-2-22-16(34)25-8-29(7-24-15(33)3-4-20-11-31)14-30(9-26-17(35)23-6-21-12-32)10-27-18(36)28-13-37-5-19/h2-4,6-10,13-14H2,1H3,(H,24,33)(H2,22,25,34)(H2,23,26,35)(H2,27,28,36). The molecule has 7 amide bonds. The molecule has 0 rings (SSSR count). The summed E-state index contributed by atoms with van der Waals surface area (Å²) in [7, 11) is 0. The van der Waals surface area contributed by atoms with Gasteiger partial charge in [-0.1, -0.05) is 0 Å². The summed E-state index contributed by atoms with van der Waals surface area (Å²) in [5, 5.41) is 25.6. The molecular formula is C18H30N12O7. The third-order valence-corrected chi connectivity index (χ3v) is 3.89. The minimum Gasteiger partial charge on any atom is -0.405 e. The van der Waals surface area contributed by atoms with Crippen molar-refractivity contribution in [1.29, 1.82) is 5.26 Å². The third kappa shape index (κ3) is 19.3. The van der Waals surface area contributed by atoms with E-state index in [4.69, 9.17) is 5.26 Å². The lowest BCUT2D eigenvalue weighted by molar-refractivity contribution is -0.121. The van der Waals surface area contributed by atoms with E-state index in [1.54, 1.807) is 11.8 Å². The van der Waals surface area contributed by atoms with Crippen LogP contribution in [0, 0.1) is 11.5 Å². The molecule has 0 aromatic carbocycles. The second-order valence-electron chi connectivity index (χ2n) is 6.63. The topological polar surface area (TPSA) is 251 Å². The van der Waals surface area contributed by atoms with Crippen molar-refractivity contribution in [3.63, 3.8) is 0 Å². The quantitative estimate of drug-likeness (QED) is 0.0311. The molecule has 0 radical (unpaired) electrons. The summed E-state index contributed by atoms with van der Waals surface area (Å²) in [5.41, 5.74) is 0. The number of hydrogen-bond donors (Lipinski definition) is 7. The minimum absolute atomic E-state index is 0.000914. The number of carbonyl (C=O) groups is 4. The van der Waals surface area contributed by atoms with E-state index >= 15 is 0 Å². The summed E-state index contributed by atoms with van der Waals surface area (Å²) in [6, 6.07) is -1.82. The van der Waals surface area contributed by atoms with Crippen molar-refractivity contribution in [2.75, 3.05) is 59.8 Å². The highest BCUT2D eigenvalue weighted by Crippen LogP contribution is 1.93. The zero-order chi connectivity index (χ0) is 27.7. The van der Waals surface area contributed by atoms with E-state index in [1.165, 1.54) is 23.3 Å². The molecule has 0 bridgehead atoms. The maximum absolute atomic E-state index is 12.0. The van der Waals surface area contributed by atoms with E-state index in [-0.39, 0.29) is 59.7 Å². The Kier molecular flexibility index (Phi) is 19.0. The van der Waals surface area contributed by atoms with E-state index in [0.717, 1.165) is 0 Å². The van der Waals surface area contributed by atoms with Crippen LogP contribution in [0.5, 0.6) is 0 Å². The van der Waals surface area contributed by atoms with Crippen LogP contribution in [0.1, 0.15) is 13.3 Å². The number of amides is 7. The second-order valence-corrected chi connectivity index (χ2v) is 6.63. The van der Waals surface area contributed by atoms with E-state index in [2.05, 4.69) is 51.9 Å². The summed E-state index contributed by atoms with van der Waals surface area (Å²) in [5.74, 6) is -0.420. The molecule has 19 nitrogen and oxygen atoms in total. The smallest absolute Gasteiger partial charge is 0.318 e. The lowest BCUT2D eigenvalue weighted by Gasteiger charge is -2.30. The number of nitriles is 1. The fraction of sp³-hybridized carbons (Fsp3) is 0.611. The SMILES string of the molecule is CCNC(=O)NCN(CNC(=O)CCN=C=O)CN(CNC(=O)NCN=C=O)CNC(=O)NCOC#N. The van der Waals surface area contributed by atoms with Gasteiger partial charge in [0, 0.05) is 13.0 Å². The Balaban J connectivity index is 5.23. The normalized spacial score (nSPS) is 9.57. The average molecular weight is 527 g/mol. The van der Waals surface area contributed by atoms with E-state index in [1.807, 2.05) is 0 Å². The maximum Gasteiger partial charge on any atom is 0.318 e. The van der Waals surface area contributed by atoms with Gasteiger partial charge in [0.1, 0.15) is 6.67 Å². The van der Waals surface area contributed by atoms with Gasteiger partial charge in [-0.25, -0.2) is 29.0 Å². The molecule has 0 aliphatic carbocycles. The van der Waals surface area contributed by atoms with Crippen LogP contribution in [0.25, 0.3) is 0 Å². The van der Waals surface area contributed by atoms with Crippen molar-refractivity contribution in [1.82, 2.24) is 47.0 Å². The number of urea groups is 3. The summed E-state index contributed by atoms with van der Waals surface area (Å²) in [6.45, 7) is 1.05. The lowest BCUT2D eigenvalue weighted by atomic mass is 10.4. The molecule has 19 heteroatoms. The van der Waals surface area contributed by atoms with Gasteiger partial charge in [0.25, 0.3) is 6.26 Å². The highest BCUT2D eigenvalue weighted by molar-refractivity contribution is 5.76. The summed E-state index contributed by atoms with van der Waals surface area (Å²) < 4.78 is 4.36. The fourth-order valence-electron chi connectivity index (χ4n) is 2.26. The van der Waals surface area contributed by atoms with Crippen molar-refractivity contribution < 1.29 is 33.5 Å². The molecule has 0 unspecified atom stereocenters. The van der Waals surface area contributed by atoms with Gasteiger partial charge >= 0.3 is 18.1 Å². The van der Waals surface area contributed by atoms with E-state index < -0.39 is 24.0 Å². The number of aliphatic imine (C=N–C) groups is 2. The number of hydrogen-bond acceptors (Lipinski definition) is 12. The first-order valence-electron chi connectivity index (χ1n) is 10.7. The molecule has 0 aliphatic heterocycles. The van der Waals surface area contributed by atoms with Crippen LogP contribution >= 0.6 is 0 Å². The van der Waals surface area contributed by atoms with Gasteiger partial charge in [0.05, 0.1) is 39.9 Å². The Bertz CT molecular complexity index is 868. The predicted molar refractivity (Wildman–Crippen MR) is 124 cm³/mol. The first kappa shape index (κ1) is 32.2. The molecule has 0 fully saturated rings. The molecular weight excluding hydrogens is 496 g/mol. The molecule has 7 N–H and O–H groups in total. The largest absolute Gasteiger partial charge is 0.405 e. The van der Waals surface area contributed by atoms with Gasteiger partial charge in [-0.3, -0.25) is 14.6 Å². The summed E-state index contributed by atoms with van der Waals surface area (Å²) in [6.07, 6.45) is 3.94. The van der Waals surface area contributed by atoms with Crippen molar-refractivity contribution in [2.45, 2.75) is 13.3 Å². The number of rotatable bonds is 18. The van der Waals surface area contributed by atoms with Crippen LogP contribution in [0.15, 0.2) is 9.98 Å². The Morgan fingerprint density at radius 1 is 0.784 bits per heavy atom. The van der Waals surface area contributed by atoms with Gasteiger partial charge < -0.3 is 42.0 Å². The van der Waals surface area contributed by atoms with Crippen LogP contribution in [0.4, 0.5) is 14.4 Å². The summed E-state index contributed by atoms with van der Waals surface area (Å²) in [4.78, 5) is 77.4. The van der Waals surface area contributed by atoms with Crippen LogP contribution in [-0.2, 0) is 19.1 Å². The van der Waals surface area contributed by atoms with Gasteiger partial charge in [-0.2, -0.15) is 10.3 Å². The monoisotopic (exact) mass is 526 g/mol. The van der Waals surface area contributed by atoms with E-state index in [0.29, 0.717) is 6.54 Å². The Hall–Kier alpha value is -4.75. The van der Waals surface area contributed by atoms with Gasteiger partial charge in [0.15, 0.2) is 6.73 Å². The molecule has 37 heavy (non-hydrogen) atoms. The first-order chi connectivity index (χ1) is 17.9. The number of nitrogens with zero attached hydrogens (tertiary/aromatic N) is 5. The van der Waals surface area contributed by atoms with Crippen LogP contribution in [-0.4, -0.2) is 106 Å². The number of isocyanates is 2. The summed E-state index contributed by atoms with van der Waals surface area (Å²) >= 11 is 0. The second kappa shape index (κ2) is 21.8. The van der Waals surface area contributed by atoms with Crippen LogP contribution in [0.3, 0.4) is 0 Å². The van der Waals surface area contributed by atoms with Gasteiger partial charge in [-0.15, -0.1) is 0 Å². The Morgan fingerprint density at radius 2 is 1.32 bits per heavy atom. The van der Waals surface area contributed by atoms with Crippen molar-refractivity contribution in [2.24, 2.45) is 9.98 Å². The molecule has 0 aromatic heterocycles. The van der Waals surface area contributed by atoms with Gasteiger partial charge in [-0.05, 0) is 6.92 Å². The Labute approximate surface area is 212 Å². The Morgan fingerprint density at radius 3 is 1.86 bits per heavy atom. The van der Waals surface area contributed by atoms with Gasteiger partial charge in [0.2, 0.25) is 18.1 Å². The molecule has 204 valence electrons. The zero-order valence-corrected chi connectivity index (χ0v) is 20.2. The van der Waals surface area contributed by atoms with Crippen LogP contribution < -0.4 is 37.2 Å². The molecule has 0 atom stereocenters. The fourth-order valence-corrected chi connectivity index (χ4v) is 2.26. The highest BCUT2D eigenvalue weighted by atomic mass is 16.5. The molecule has 0 aliphatic rings. The maximum atomic E-state index is 12.0. The van der Waals surface area contributed by atoms with E-state index in [9.17, 15) is 28.8 Å². The zero-order valence-electron chi connectivity index (χ0n) is 20.2. The highest BCUT2D eigenvalue weighted by Gasteiger charge is 2.15. The van der Waals surface area contributed by atoms with Crippen molar-refractivity contribution in [3.8, 4) is 6.26 Å². The minimum atomic E-state index is -0.680. The molecule has 0 spiro atoms. The molecule has 0 saturated heterocycles. The average Bonchev–Trinajstić information content (AvgIpc) is 2.87. The molecule has 0 heterocycles. The van der Waals surface area contributed by atoms with Crippen molar-refractivity contribution in [3.05, 3.63) is 0 Å². The first-order valence-corrected chi connectivity index (χ1v) is 10.7. The third-order valence-electron chi connectivity index (χ3n) is 3.89. The molecule has 0 saturated carbocycles. The number of nitrogens with one attached hydrogen (secondary N) is 7. The lowest BCUT2D eigenvalue weighted by Crippen LogP contribution is -2.55. The predicted octanol–water partition coefficient (Wildman–Crippen LogP) is -3.11.